The summed E-state index contributed by atoms with van der Waals surface area (Å²) < 4.78 is 9.31. The Morgan fingerprint density at radius 1 is 1.09 bits per heavy atom. The Morgan fingerprint density at radius 2 is 1.45 bits per heavy atom. The molecule has 11 heavy (non-hydrogen) atoms. The van der Waals surface area contributed by atoms with Crippen molar-refractivity contribution in [3.8, 4) is 0 Å². The zero-order valence-electron chi connectivity index (χ0n) is 6.75. The monoisotopic (exact) mass is 176 g/mol. The maximum absolute atomic E-state index is 10.2. The van der Waals surface area contributed by atoms with Crippen molar-refractivity contribution in [2.24, 2.45) is 0 Å². The molecule has 0 spiro atoms. The van der Waals surface area contributed by atoms with Crippen LogP contribution in [-0.2, 0) is 19.1 Å². The highest BCUT2D eigenvalue weighted by Gasteiger charge is 1.95. The van der Waals surface area contributed by atoms with Crippen molar-refractivity contribution in [1.29, 1.82) is 0 Å². The first kappa shape index (κ1) is 10.2. The van der Waals surface area contributed by atoms with Crippen LogP contribution in [0.4, 0.5) is 0 Å². The zero-order chi connectivity index (χ0) is 8.69. The molecule has 64 valence electrons. The summed E-state index contributed by atoms with van der Waals surface area (Å²) in [5.74, 6) is -0.555. The van der Waals surface area contributed by atoms with E-state index in [1.165, 1.54) is 13.8 Å². The Morgan fingerprint density at radius 3 is 1.73 bits per heavy atom. The molecule has 0 heterocycles. The van der Waals surface area contributed by atoms with Gasteiger partial charge in [0.25, 0.3) is 0 Å². The summed E-state index contributed by atoms with van der Waals surface area (Å²) in [5, 5.41) is 0. The smallest absolute Gasteiger partial charge is 0.302 e. The lowest BCUT2D eigenvalue weighted by atomic mass is 10.8. The first-order valence-corrected chi connectivity index (χ1v) is 5.39. The zero-order valence-corrected chi connectivity index (χ0v) is 8.17. The Kier molecular flexibility index (Phi) is 5.45. The lowest BCUT2D eigenvalue weighted by Crippen LogP contribution is -2.15. The van der Waals surface area contributed by atoms with E-state index in [-0.39, 0.29) is 11.9 Å². The fourth-order valence-electron chi connectivity index (χ4n) is 0.491. The molecule has 0 bridgehead atoms. The summed E-state index contributed by atoms with van der Waals surface area (Å²) in [6.45, 7) is 2.72. The second-order valence-corrected chi connectivity index (χ2v) is 3.56. The van der Waals surface area contributed by atoms with E-state index < -0.39 is 9.52 Å². The normalized spacial score (nSPS) is 8.91. The van der Waals surface area contributed by atoms with Gasteiger partial charge < -0.3 is 9.47 Å². The van der Waals surface area contributed by atoms with Crippen LogP contribution in [0.1, 0.15) is 13.8 Å². The van der Waals surface area contributed by atoms with Gasteiger partial charge in [0, 0.05) is 13.8 Å². The number of ether oxygens (including phenoxy) is 2. The first-order chi connectivity index (χ1) is 5.13. The quantitative estimate of drug-likeness (QED) is 0.319. The molecular weight excluding hydrogens is 164 g/mol. The molecule has 0 N–H and O–H groups in total. The minimum atomic E-state index is -0.560. The van der Waals surface area contributed by atoms with Gasteiger partial charge in [-0.3, -0.25) is 9.59 Å². The van der Waals surface area contributed by atoms with Crippen molar-refractivity contribution in [3.05, 3.63) is 0 Å². The molecular formula is C6H12O4Si. The van der Waals surface area contributed by atoms with Crippen LogP contribution in [-0.4, -0.2) is 33.9 Å². The highest BCUT2D eigenvalue weighted by Crippen LogP contribution is 1.77. The summed E-state index contributed by atoms with van der Waals surface area (Å²) in [6.07, 6.45) is 0.894. The average Bonchev–Trinajstić information content (AvgIpc) is 1.85. The molecule has 0 saturated heterocycles. The largest absolute Gasteiger partial charge is 0.470 e. The molecule has 0 fully saturated rings. The third-order valence-electron chi connectivity index (χ3n) is 0.899. The van der Waals surface area contributed by atoms with Gasteiger partial charge in [0.05, 0.1) is 12.5 Å². The van der Waals surface area contributed by atoms with Crippen LogP contribution in [0.5, 0.6) is 0 Å². The van der Waals surface area contributed by atoms with Crippen LogP contribution in [0.2, 0.25) is 0 Å². The number of carbonyl (C=O) groups is 2. The summed E-state index contributed by atoms with van der Waals surface area (Å²) in [6, 6.07) is 0. The van der Waals surface area contributed by atoms with Crippen molar-refractivity contribution in [1.82, 2.24) is 0 Å². The van der Waals surface area contributed by atoms with Gasteiger partial charge in [0.15, 0.2) is 0 Å². The van der Waals surface area contributed by atoms with E-state index in [1.54, 1.807) is 0 Å². The van der Waals surface area contributed by atoms with Gasteiger partial charge in [-0.2, -0.15) is 0 Å². The second kappa shape index (κ2) is 5.91. The van der Waals surface area contributed by atoms with Crippen LogP contribution < -0.4 is 0 Å². The molecule has 0 radical (unpaired) electrons. The van der Waals surface area contributed by atoms with Crippen LogP contribution >= 0.6 is 0 Å². The fraction of sp³-hybridized carbons (Fsp3) is 0.667. The highest BCUT2D eigenvalue weighted by atomic mass is 28.2. The lowest BCUT2D eigenvalue weighted by Gasteiger charge is -2.00. The second-order valence-electron chi connectivity index (χ2n) is 2.03. The van der Waals surface area contributed by atoms with Crippen LogP contribution in [0.15, 0.2) is 0 Å². The van der Waals surface area contributed by atoms with Gasteiger partial charge in [0.1, 0.15) is 9.52 Å². The molecule has 0 aromatic carbocycles. The Bertz CT molecular complexity index is 130. The average molecular weight is 176 g/mol. The van der Waals surface area contributed by atoms with Gasteiger partial charge in [-0.25, -0.2) is 0 Å². The van der Waals surface area contributed by atoms with Gasteiger partial charge in [-0.15, -0.1) is 0 Å². The van der Waals surface area contributed by atoms with E-state index in [0.717, 1.165) is 0 Å². The molecule has 0 aromatic heterocycles. The van der Waals surface area contributed by atoms with E-state index in [0.29, 0.717) is 12.5 Å². The molecule has 0 rings (SSSR count). The molecule has 0 atom stereocenters. The van der Waals surface area contributed by atoms with Crippen LogP contribution in [0, 0.1) is 0 Å². The minimum absolute atomic E-state index is 0.277. The Labute approximate surface area is 67.7 Å². The van der Waals surface area contributed by atoms with E-state index in [2.05, 4.69) is 9.47 Å². The van der Waals surface area contributed by atoms with Gasteiger partial charge in [-0.05, 0) is 0 Å². The van der Waals surface area contributed by atoms with Crippen LogP contribution in [0.25, 0.3) is 0 Å². The topological polar surface area (TPSA) is 52.6 Å². The van der Waals surface area contributed by atoms with Gasteiger partial charge in [-0.1, -0.05) is 0 Å². The van der Waals surface area contributed by atoms with Crippen LogP contribution in [0.3, 0.4) is 0 Å². The van der Waals surface area contributed by atoms with E-state index in [4.69, 9.17) is 0 Å². The van der Waals surface area contributed by atoms with Crippen molar-refractivity contribution in [2.45, 2.75) is 13.8 Å². The Hall–Kier alpha value is -0.843. The molecule has 0 aromatic rings. The Balaban J connectivity index is 3.03. The molecule has 5 heteroatoms. The van der Waals surface area contributed by atoms with Crippen molar-refractivity contribution < 1.29 is 19.1 Å². The molecule has 0 aliphatic rings. The standard InChI is InChI=1S/C6H12O4Si/c1-5(7)9-3-11-4-10-6(2)8/h3-4,11H2,1-2H3. The number of carbonyl (C=O) groups excluding carboxylic acids is 2. The number of hydrogen-bond acceptors (Lipinski definition) is 4. The SMILES string of the molecule is CC(=O)OC[SiH2]COC(C)=O. The first-order valence-electron chi connectivity index (χ1n) is 3.39. The van der Waals surface area contributed by atoms with Gasteiger partial charge >= 0.3 is 11.9 Å². The summed E-state index contributed by atoms with van der Waals surface area (Å²) in [7, 11) is -0.560. The fourth-order valence-corrected chi connectivity index (χ4v) is 1.47. The van der Waals surface area contributed by atoms with Crippen molar-refractivity contribution in [3.63, 3.8) is 0 Å². The molecule has 0 aliphatic carbocycles. The highest BCUT2D eigenvalue weighted by molar-refractivity contribution is 6.35. The van der Waals surface area contributed by atoms with E-state index in [9.17, 15) is 9.59 Å². The third kappa shape index (κ3) is 9.16. The minimum Gasteiger partial charge on any atom is -0.470 e. The van der Waals surface area contributed by atoms with E-state index in [1.807, 2.05) is 0 Å². The molecule has 0 amide bonds. The number of esters is 2. The molecule has 0 aliphatic heterocycles. The van der Waals surface area contributed by atoms with Crippen molar-refractivity contribution >= 4 is 21.5 Å². The summed E-state index contributed by atoms with van der Waals surface area (Å²) in [5.41, 5.74) is 0. The molecule has 0 saturated carbocycles. The molecule has 4 nitrogen and oxygen atoms in total. The van der Waals surface area contributed by atoms with Crippen molar-refractivity contribution in [2.75, 3.05) is 12.5 Å². The third-order valence-corrected chi connectivity index (χ3v) is 1.88. The molecule has 0 unspecified atom stereocenters. The maximum Gasteiger partial charge on any atom is 0.302 e. The van der Waals surface area contributed by atoms with E-state index >= 15 is 0 Å². The summed E-state index contributed by atoms with van der Waals surface area (Å²) >= 11 is 0. The predicted molar refractivity (Wildman–Crippen MR) is 41.8 cm³/mol. The number of rotatable bonds is 4. The number of hydrogen-bond donors (Lipinski definition) is 0. The summed E-state index contributed by atoms with van der Waals surface area (Å²) in [4.78, 5) is 20.5. The predicted octanol–water partition coefficient (Wildman–Crippen LogP) is -0.804. The maximum atomic E-state index is 10.2. The lowest BCUT2D eigenvalue weighted by molar-refractivity contribution is -0.139. The van der Waals surface area contributed by atoms with Gasteiger partial charge in [0.2, 0.25) is 0 Å².